The highest BCUT2D eigenvalue weighted by atomic mass is 16.6. The predicted molar refractivity (Wildman–Crippen MR) is 132 cm³/mol. The fourth-order valence-corrected chi connectivity index (χ4v) is 3.34. The van der Waals surface area contributed by atoms with Crippen molar-refractivity contribution >= 4 is 6.09 Å². The molecule has 3 heteroatoms. The van der Waals surface area contributed by atoms with Gasteiger partial charge in [-0.3, -0.25) is 0 Å². The molecule has 1 unspecified atom stereocenters. The highest BCUT2D eigenvalue weighted by Gasteiger charge is 2.11. The normalized spacial score (nSPS) is 13.3. The first-order chi connectivity index (χ1) is 14.7. The largest absolute Gasteiger partial charge is 0.446 e. The number of allylic oxidation sites excluding steroid dienone is 8. The molecule has 0 aliphatic heterocycles. The number of ether oxygens (including phenoxy) is 1. The van der Waals surface area contributed by atoms with Gasteiger partial charge in [0.15, 0.2) is 0 Å². The number of nitrogens with two attached hydrogens (primary N) is 1. The molecule has 0 aromatic heterocycles. The number of amides is 1. The van der Waals surface area contributed by atoms with Crippen molar-refractivity contribution in [1.82, 2.24) is 0 Å². The van der Waals surface area contributed by atoms with Gasteiger partial charge in [-0.1, -0.05) is 114 Å². The Hall–Kier alpha value is -1.77. The minimum absolute atomic E-state index is 0.0332. The Morgan fingerprint density at radius 1 is 0.667 bits per heavy atom. The minimum atomic E-state index is -0.646. The Morgan fingerprint density at radius 3 is 1.73 bits per heavy atom. The number of carbonyl (C=O) groups excluding carboxylic acids is 1. The molecule has 0 aromatic carbocycles. The van der Waals surface area contributed by atoms with E-state index in [-0.39, 0.29) is 6.10 Å². The first kappa shape index (κ1) is 28.2. The van der Waals surface area contributed by atoms with Crippen LogP contribution < -0.4 is 5.73 Å². The van der Waals surface area contributed by atoms with Crippen LogP contribution >= 0.6 is 0 Å². The zero-order chi connectivity index (χ0) is 22.1. The van der Waals surface area contributed by atoms with Crippen molar-refractivity contribution in [2.45, 2.75) is 116 Å². The molecular weight excluding hydrogens is 370 g/mol. The van der Waals surface area contributed by atoms with Crippen LogP contribution in [0.25, 0.3) is 0 Å². The highest BCUT2D eigenvalue weighted by molar-refractivity contribution is 5.64. The fourth-order valence-electron chi connectivity index (χ4n) is 3.34. The molecule has 0 aromatic rings. The standard InChI is InChI=1S/C27H47NO2/c1-3-5-7-9-11-12-13-14-15-16-17-19-21-23-25-26(30-27(28)29)24-22-20-18-10-8-6-4-2/h11-17,19,26H,3-10,18,20-25H2,1-2H3,(H2,28,29)/b12-11+,14-13+,16-15+,19-17+. The van der Waals surface area contributed by atoms with Gasteiger partial charge in [0.1, 0.15) is 6.10 Å². The summed E-state index contributed by atoms with van der Waals surface area (Å²) in [7, 11) is 0. The van der Waals surface area contributed by atoms with Crippen LogP contribution in [0.15, 0.2) is 48.6 Å². The van der Waals surface area contributed by atoms with Crippen LogP contribution in [0.2, 0.25) is 0 Å². The molecule has 1 atom stereocenters. The number of unbranched alkanes of at least 4 members (excludes halogenated alkanes) is 10. The molecule has 3 nitrogen and oxygen atoms in total. The Labute approximate surface area is 186 Å². The average Bonchev–Trinajstić information content (AvgIpc) is 2.72. The predicted octanol–water partition coefficient (Wildman–Crippen LogP) is 8.57. The topological polar surface area (TPSA) is 52.3 Å². The lowest BCUT2D eigenvalue weighted by Crippen LogP contribution is -2.22. The number of primary amides is 1. The summed E-state index contributed by atoms with van der Waals surface area (Å²) in [5, 5.41) is 0. The van der Waals surface area contributed by atoms with Gasteiger partial charge in [0.05, 0.1) is 0 Å². The summed E-state index contributed by atoms with van der Waals surface area (Å²) in [6.07, 6.45) is 33.9. The summed E-state index contributed by atoms with van der Waals surface area (Å²) < 4.78 is 5.29. The molecule has 0 radical (unpaired) electrons. The van der Waals surface area contributed by atoms with E-state index in [2.05, 4.69) is 56.4 Å². The molecular formula is C27H47NO2. The van der Waals surface area contributed by atoms with Gasteiger partial charge >= 0.3 is 6.09 Å². The summed E-state index contributed by atoms with van der Waals surface area (Å²) in [6.45, 7) is 4.47. The molecule has 0 bridgehead atoms. The van der Waals surface area contributed by atoms with Gasteiger partial charge in [0, 0.05) is 0 Å². The smallest absolute Gasteiger partial charge is 0.404 e. The van der Waals surface area contributed by atoms with E-state index in [4.69, 9.17) is 10.5 Å². The second kappa shape index (κ2) is 23.5. The number of hydrogen-bond acceptors (Lipinski definition) is 2. The van der Waals surface area contributed by atoms with Crippen molar-refractivity contribution < 1.29 is 9.53 Å². The maximum Gasteiger partial charge on any atom is 0.404 e. The summed E-state index contributed by atoms with van der Waals surface area (Å²) in [5.74, 6) is 0. The highest BCUT2D eigenvalue weighted by Crippen LogP contribution is 2.15. The van der Waals surface area contributed by atoms with Crippen LogP contribution in [-0.4, -0.2) is 12.2 Å². The van der Waals surface area contributed by atoms with Gasteiger partial charge < -0.3 is 10.5 Å². The number of hydrogen-bond donors (Lipinski definition) is 1. The van der Waals surface area contributed by atoms with Crippen LogP contribution in [0.5, 0.6) is 0 Å². The average molecular weight is 418 g/mol. The Bertz CT molecular complexity index is 491. The van der Waals surface area contributed by atoms with Crippen molar-refractivity contribution in [3.8, 4) is 0 Å². The third-order valence-electron chi connectivity index (χ3n) is 5.11. The summed E-state index contributed by atoms with van der Waals surface area (Å²) in [4.78, 5) is 11.1. The van der Waals surface area contributed by atoms with E-state index >= 15 is 0 Å². The zero-order valence-electron chi connectivity index (χ0n) is 19.7. The molecule has 0 heterocycles. The molecule has 1 amide bonds. The van der Waals surface area contributed by atoms with Crippen LogP contribution in [0.4, 0.5) is 4.79 Å². The van der Waals surface area contributed by atoms with Gasteiger partial charge in [0.25, 0.3) is 0 Å². The van der Waals surface area contributed by atoms with Crippen LogP contribution in [0.3, 0.4) is 0 Å². The minimum Gasteiger partial charge on any atom is -0.446 e. The Kier molecular flexibility index (Phi) is 22.1. The third kappa shape index (κ3) is 22.5. The van der Waals surface area contributed by atoms with Gasteiger partial charge in [-0.2, -0.15) is 0 Å². The SMILES string of the molecule is CCCCC/C=C/C=C/C=C/C=C/CCCC(CCCCCCCCC)OC(N)=O. The summed E-state index contributed by atoms with van der Waals surface area (Å²) in [6, 6.07) is 0. The summed E-state index contributed by atoms with van der Waals surface area (Å²) >= 11 is 0. The molecule has 0 fully saturated rings. The van der Waals surface area contributed by atoms with Crippen LogP contribution in [0, 0.1) is 0 Å². The second-order valence-corrected chi connectivity index (χ2v) is 8.02. The Balaban J connectivity index is 3.86. The van der Waals surface area contributed by atoms with E-state index in [1.807, 2.05) is 6.08 Å². The van der Waals surface area contributed by atoms with Crippen LogP contribution in [-0.2, 0) is 4.74 Å². The molecule has 0 rings (SSSR count). The zero-order valence-corrected chi connectivity index (χ0v) is 19.7. The van der Waals surface area contributed by atoms with Gasteiger partial charge in [-0.05, 0) is 44.9 Å². The fraction of sp³-hybridized carbons (Fsp3) is 0.667. The molecule has 172 valence electrons. The monoisotopic (exact) mass is 417 g/mol. The van der Waals surface area contributed by atoms with E-state index in [0.717, 1.165) is 32.1 Å². The van der Waals surface area contributed by atoms with E-state index < -0.39 is 6.09 Å². The van der Waals surface area contributed by atoms with E-state index in [0.29, 0.717) is 0 Å². The van der Waals surface area contributed by atoms with Crippen molar-refractivity contribution in [1.29, 1.82) is 0 Å². The van der Waals surface area contributed by atoms with Gasteiger partial charge in [-0.15, -0.1) is 0 Å². The third-order valence-corrected chi connectivity index (χ3v) is 5.11. The quantitative estimate of drug-likeness (QED) is 0.159. The first-order valence-corrected chi connectivity index (χ1v) is 12.3. The van der Waals surface area contributed by atoms with Crippen molar-refractivity contribution in [2.75, 3.05) is 0 Å². The maximum absolute atomic E-state index is 11.1. The second-order valence-electron chi connectivity index (χ2n) is 8.02. The van der Waals surface area contributed by atoms with E-state index in [1.165, 1.54) is 64.2 Å². The first-order valence-electron chi connectivity index (χ1n) is 12.3. The summed E-state index contributed by atoms with van der Waals surface area (Å²) in [5.41, 5.74) is 5.23. The maximum atomic E-state index is 11.1. The van der Waals surface area contributed by atoms with Crippen molar-refractivity contribution in [2.24, 2.45) is 5.73 Å². The molecule has 0 saturated heterocycles. The Morgan fingerprint density at radius 2 is 1.13 bits per heavy atom. The molecule has 0 spiro atoms. The van der Waals surface area contributed by atoms with Crippen LogP contribution in [0.1, 0.15) is 110 Å². The van der Waals surface area contributed by atoms with Crippen molar-refractivity contribution in [3.05, 3.63) is 48.6 Å². The number of carbonyl (C=O) groups is 1. The molecule has 2 N–H and O–H groups in total. The van der Waals surface area contributed by atoms with Gasteiger partial charge in [0.2, 0.25) is 0 Å². The lowest BCUT2D eigenvalue weighted by molar-refractivity contribution is 0.0928. The molecule has 30 heavy (non-hydrogen) atoms. The van der Waals surface area contributed by atoms with Gasteiger partial charge in [-0.25, -0.2) is 4.79 Å². The van der Waals surface area contributed by atoms with E-state index in [1.54, 1.807) is 0 Å². The lowest BCUT2D eigenvalue weighted by atomic mass is 10.0. The molecule has 0 saturated carbocycles. The lowest BCUT2D eigenvalue weighted by Gasteiger charge is -2.16. The van der Waals surface area contributed by atoms with E-state index in [9.17, 15) is 4.79 Å². The van der Waals surface area contributed by atoms with Crippen molar-refractivity contribution in [3.63, 3.8) is 0 Å². The molecule has 0 aliphatic carbocycles. The number of rotatable bonds is 20. The molecule has 0 aliphatic rings.